The summed E-state index contributed by atoms with van der Waals surface area (Å²) in [6, 6.07) is -0.623. The van der Waals surface area contributed by atoms with E-state index < -0.39 is 12.0 Å². The van der Waals surface area contributed by atoms with Gasteiger partial charge in [0, 0.05) is 18.2 Å². The minimum atomic E-state index is -0.877. The summed E-state index contributed by atoms with van der Waals surface area (Å²) in [7, 11) is 0. The van der Waals surface area contributed by atoms with Crippen LogP contribution in [0.15, 0.2) is 0 Å². The molecule has 4 nitrogen and oxygen atoms in total. The van der Waals surface area contributed by atoms with Gasteiger partial charge in [-0.3, -0.25) is 4.79 Å². The Morgan fingerprint density at radius 1 is 1.60 bits per heavy atom. The van der Waals surface area contributed by atoms with E-state index in [-0.39, 0.29) is 11.2 Å². The van der Waals surface area contributed by atoms with Crippen LogP contribution in [0.2, 0.25) is 0 Å². The zero-order valence-corrected chi connectivity index (χ0v) is 9.32. The summed E-state index contributed by atoms with van der Waals surface area (Å²) >= 11 is 4.22. The fourth-order valence-corrected chi connectivity index (χ4v) is 2.38. The molecule has 1 N–H and O–H groups in total. The number of hydrogen-bond acceptors (Lipinski definition) is 3. The molecule has 0 radical (unpaired) electrons. The fraction of sp³-hybridized carbons (Fsp3) is 0.800. The number of carboxylic acid groups (broad SMARTS) is 1. The SMILES string of the molecule is O=C(O)C(CC1CC1)N1CC(S)CC1=O. The van der Waals surface area contributed by atoms with Gasteiger partial charge in [-0.1, -0.05) is 12.8 Å². The van der Waals surface area contributed by atoms with Crippen LogP contribution >= 0.6 is 12.6 Å². The molecule has 1 amide bonds. The van der Waals surface area contributed by atoms with Crippen molar-refractivity contribution in [3.63, 3.8) is 0 Å². The Kier molecular flexibility index (Phi) is 2.91. The van der Waals surface area contributed by atoms with Crippen molar-refractivity contribution in [2.45, 2.75) is 37.0 Å². The van der Waals surface area contributed by atoms with Crippen LogP contribution in [0.3, 0.4) is 0 Å². The fourth-order valence-electron chi connectivity index (χ4n) is 2.04. The number of likely N-dealkylation sites (tertiary alicyclic amines) is 1. The number of carbonyl (C=O) groups excluding carboxylic acids is 1. The Balaban J connectivity index is 2.02. The second-order valence-electron chi connectivity index (χ2n) is 4.44. The average Bonchev–Trinajstić information content (AvgIpc) is 2.88. The summed E-state index contributed by atoms with van der Waals surface area (Å²) in [6.45, 7) is 0.478. The van der Waals surface area contributed by atoms with Crippen molar-refractivity contribution >= 4 is 24.5 Å². The molecule has 1 heterocycles. The summed E-state index contributed by atoms with van der Waals surface area (Å²) in [4.78, 5) is 24.1. The molecule has 1 saturated carbocycles. The van der Waals surface area contributed by atoms with Crippen LogP contribution in [0, 0.1) is 5.92 Å². The van der Waals surface area contributed by atoms with E-state index >= 15 is 0 Å². The maximum Gasteiger partial charge on any atom is 0.326 e. The molecule has 84 valence electrons. The lowest BCUT2D eigenvalue weighted by Gasteiger charge is -2.24. The summed E-state index contributed by atoms with van der Waals surface area (Å²) < 4.78 is 0. The van der Waals surface area contributed by atoms with E-state index in [4.69, 9.17) is 5.11 Å². The molecule has 0 aromatic rings. The highest BCUT2D eigenvalue weighted by Crippen LogP contribution is 2.35. The molecule has 2 fully saturated rings. The number of rotatable bonds is 4. The van der Waals surface area contributed by atoms with E-state index in [1.54, 1.807) is 0 Å². The van der Waals surface area contributed by atoms with Crippen LogP contribution in [0.4, 0.5) is 0 Å². The molecule has 2 unspecified atom stereocenters. The maximum absolute atomic E-state index is 11.5. The number of hydrogen-bond donors (Lipinski definition) is 2. The number of carboxylic acids is 1. The molecule has 15 heavy (non-hydrogen) atoms. The third-order valence-corrected chi connectivity index (χ3v) is 3.40. The quantitative estimate of drug-likeness (QED) is 0.700. The van der Waals surface area contributed by atoms with E-state index in [9.17, 15) is 9.59 Å². The summed E-state index contributed by atoms with van der Waals surface area (Å²) in [5.74, 6) is -0.432. The predicted octanol–water partition coefficient (Wildman–Crippen LogP) is 0.770. The van der Waals surface area contributed by atoms with Gasteiger partial charge in [0.05, 0.1) is 0 Å². The monoisotopic (exact) mass is 229 g/mol. The molecule has 2 rings (SSSR count). The van der Waals surface area contributed by atoms with Gasteiger partial charge in [-0.15, -0.1) is 0 Å². The van der Waals surface area contributed by atoms with E-state index in [1.165, 1.54) is 4.90 Å². The van der Waals surface area contributed by atoms with Gasteiger partial charge >= 0.3 is 5.97 Å². The van der Waals surface area contributed by atoms with Crippen molar-refractivity contribution in [1.29, 1.82) is 0 Å². The van der Waals surface area contributed by atoms with Crippen LogP contribution in [-0.4, -0.2) is 39.7 Å². The molecule has 0 aromatic carbocycles. The zero-order valence-electron chi connectivity index (χ0n) is 8.43. The van der Waals surface area contributed by atoms with Crippen molar-refractivity contribution in [2.24, 2.45) is 5.92 Å². The lowest BCUT2D eigenvalue weighted by atomic mass is 10.1. The highest BCUT2D eigenvalue weighted by molar-refractivity contribution is 7.81. The van der Waals surface area contributed by atoms with Crippen molar-refractivity contribution in [3.05, 3.63) is 0 Å². The Hall–Kier alpha value is -0.710. The largest absolute Gasteiger partial charge is 0.480 e. The first-order chi connectivity index (χ1) is 7.08. The predicted molar refractivity (Wildman–Crippen MR) is 57.9 cm³/mol. The molecule has 5 heteroatoms. The molecule has 0 spiro atoms. The zero-order chi connectivity index (χ0) is 11.0. The van der Waals surface area contributed by atoms with Gasteiger partial charge in [0.15, 0.2) is 0 Å². The molecular weight excluding hydrogens is 214 g/mol. The van der Waals surface area contributed by atoms with Crippen molar-refractivity contribution < 1.29 is 14.7 Å². The van der Waals surface area contributed by atoms with Crippen molar-refractivity contribution in [2.75, 3.05) is 6.54 Å². The minimum Gasteiger partial charge on any atom is -0.480 e. The van der Waals surface area contributed by atoms with Gasteiger partial charge in [0.2, 0.25) is 5.91 Å². The van der Waals surface area contributed by atoms with Gasteiger partial charge in [-0.25, -0.2) is 4.79 Å². The van der Waals surface area contributed by atoms with Gasteiger partial charge in [-0.2, -0.15) is 12.6 Å². The minimum absolute atomic E-state index is 0.00134. The normalized spacial score (nSPS) is 28.2. The van der Waals surface area contributed by atoms with Crippen LogP contribution < -0.4 is 0 Å². The number of carbonyl (C=O) groups is 2. The van der Waals surface area contributed by atoms with Gasteiger partial charge in [0.25, 0.3) is 0 Å². The third-order valence-electron chi connectivity index (χ3n) is 3.05. The summed E-state index contributed by atoms with van der Waals surface area (Å²) in [5.41, 5.74) is 0. The lowest BCUT2D eigenvalue weighted by molar-refractivity contribution is -0.148. The molecule has 2 aliphatic rings. The van der Waals surface area contributed by atoms with Crippen LogP contribution in [0.1, 0.15) is 25.7 Å². The third kappa shape index (κ3) is 2.45. The standard InChI is InChI=1S/C10H15NO3S/c12-9-4-7(15)5-11(9)8(10(13)14)3-6-1-2-6/h6-8,15H,1-5H2,(H,13,14). The van der Waals surface area contributed by atoms with E-state index in [0.717, 1.165) is 12.8 Å². The summed E-state index contributed by atoms with van der Waals surface area (Å²) in [6.07, 6.45) is 3.20. The highest BCUT2D eigenvalue weighted by atomic mass is 32.1. The molecule has 1 saturated heterocycles. The first-order valence-corrected chi connectivity index (χ1v) is 5.80. The second-order valence-corrected chi connectivity index (χ2v) is 5.17. The topological polar surface area (TPSA) is 57.6 Å². The van der Waals surface area contributed by atoms with Gasteiger partial charge < -0.3 is 10.0 Å². The average molecular weight is 229 g/mol. The molecule has 1 aliphatic carbocycles. The van der Waals surface area contributed by atoms with E-state index in [0.29, 0.717) is 25.3 Å². The Labute approximate surface area is 94.0 Å². The van der Waals surface area contributed by atoms with Crippen molar-refractivity contribution in [1.82, 2.24) is 4.90 Å². The number of nitrogens with zero attached hydrogens (tertiary/aromatic N) is 1. The van der Waals surface area contributed by atoms with E-state index in [2.05, 4.69) is 12.6 Å². The van der Waals surface area contributed by atoms with Gasteiger partial charge in [-0.05, 0) is 12.3 Å². The van der Waals surface area contributed by atoms with Crippen molar-refractivity contribution in [3.8, 4) is 0 Å². The van der Waals surface area contributed by atoms with Crippen LogP contribution in [-0.2, 0) is 9.59 Å². The Morgan fingerprint density at radius 2 is 2.27 bits per heavy atom. The lowest BCUT2D eigenvalue weighted by Crippen LogP contribution is -2.42. The smallest absolute Gasteiger partial charge is 0.326 e. The second kappa shape index (κ2) is 4.04. The number of aliphatic carboxylic acids is 1. The van der Waals surface area contributed by atoms with Crippen LogP contribution in [0.25, 0.3) is 0 Å². The Bertz CT molecular complexity index is 290. The molecule has 0 bridgehead atoms. The first kappa shape index (κ1) is 10.8. The maximum atomic E-state index is 11.5. The summed E-state index contributed by atoms with van der Waals surface area (Å²) in [5, 5.41) is 9.09. The number of amides is 1. The molecule has 0 aromatic heterocycles. The number of thiol groups is 1. The molecule has 2 atom stereocenters. The highest BCUT2D eigenvalue weighted by Gasteiger charge is 2.39. The molecular formula is C10H15NO3S. The Morgan fingerprint density at radius 3 is 2.67 bits per heavy atom. The first-order valence-electron chi connectivity index (χ1n) is 5.28. The van der Waals surface area contributed by atoms with Crippen LogP contribution in [0.5, 0.6) is 0 Å². The molecule has 1 aliphatic heterocycles. The van der Waals surface area contributed by atoms with Gasteiger partial charge in [0.1, 0.15) is 6.04 Å². The van der Waals surface area contributed by atoms with E-state index in [1.807, 2.05) is 0 Å².